The van der Waals surface area contributed by atoms with Crippen LogP contribution in [0.5, 0.6) is 0 Å². The predicted octanol–water partition coefficient (Wildman–Crippen LogP) is 5.68. The summed E-state index contributed by atoms with van der Waals surface area (Å²) in [6.45, 7) is 2.74. The van der Waals surface area contributed by atoms with Gasteiger partial charge in [0.2, 0.25) is 5.52 Å². The summed E-state index contributed by atoms with van der Waals surface area (Å²) in [6.07, 6.45) is 3.82. The molecule has 1 aliphatic rings. The van der Waals surface area contributed by atoms with E-state index in [1.54, 1.807) is 30.3 Å². The van der Waals surface area contributed by atoms with Gasteiger partial charge in [-0.2, -0.15) is 0 Å². The lowest BCUT2D eigenvalue weighted by Gasteiger charge is -2.12. The minimum atomic E-state index is -0.560. The van der Waals surface area contributed by atoms with Crippen molar-refractivity contribution < 1.29 is 23.9 Å². The molecule has 3 amide bonds. The molecule has 214 valence electrons. The van der Waals surface area contributed by atoms with E-state index in [4.69, 9.17) is 0 Å². The maximum absolute atomic E-state index is 12.7. The molecule has 0 atom stereocenters. The van der Waals surface area contributed by atoms with Gasteiger partial charge in [0.15, 0.2) is 5.52 Å². The number of fused-ring (bicyclic) bond motifs is 1. The third-order valence-electron chi connectivity index (χ3n) is 6.67. The summed E-state index contributed by atoms with van der Waals surface area (Å²) in [5.41, 5.74) is 3.67. The van der Waals surface area contributed by atoms with Crippen LogP contribution in [-0.4, -0.2) is 50.3 Å². The SMILES string of the molecule is CCc1ccc(/C=C2\SC(=O)N(CCCCNC(=O)c3ccc(Nc4ccc([N+](=O)[O-])c5nonc45)cc3)C2=O)cc1. The zero-order chi connectivity index (χ0) is 29.6. The van der Waals surface area contributed by atoms with Crippen molar-refractivity contribution >= 4 is 63.0 Å². The second-order valence-electron chi connectivity index (χ2n) is 9.44. The van der Waals surface area contributed by atoms with Crippen molar-refractivity contribution in [3.8, 4) is 0 Å². The number of carbonyl (C=O) groups excluding carboxylic acids is 3. The Balaban J connectivity index is 1.08. The van der Waals surface area contributed by atoms with Gasteiger partial charge in [-0.3, -0.25) is 29.4 Å². The molecule has 0 unspecified atom stereocenters. The molecule has 0 spiro atoms. The zero-order valence-electron chi connectivity index (χ0n) is 22.5. The quantitative estimate of drug-likeness (QED) is 0.0968. The van der Waals surface area contributed by atoms with Crippen LogP contribution in [0.1, 0.15) is 41.3 Å². The third kappa shape index (κ3) is 6.31. The number of nitrogens with one attached hydrogen (secondary N) is 2. The minimum absolute atomic E-state index is 0.0350. The fourth-order valence-electron chi connectivity index (χ4n) is 4.35. The van der Waals surface area contributed by atoms with E-state index in [1.807, 2.05) is 24.3 Å². The van der Waals surface area contributed by atoms with Crippen molar-refractivity contribution in [2.24, 2.45) is 0 Å². The molecule has 13 heteroatoms. The van der Waals surface area contributed by atoms with Crippen LogP contribution in [0.3, 0.4) is 0 Å². The number of rotatable bonds is 11. The highest BCUT2D eigenvalue weighted by Crippen LogP contribution is 2.33. The Hall–Kier alpha value is -5.04. The van der Waals surface area contributed by atoms with E-state index >= 15 is 0 Å². The number of thioether (sulfide) groups is 1. The Kier molecular flexibility index (Phi) is 8.58. The summed E-state index contributed by atoms with van der Waals surface area (Å²) >= 11 is 0.942. The number of nitrogens with zero attached hydrogens (tertiary/aromatic N) is 4. The first-order valence-electron chi connectivity index (χ1n) is 13.2. The van der Waals surface area contributed by atoms with Crippen molar-refractivity contribution in [3.05, 3.63) is 92.4 Å². The van der Waals surface area contributed by atoms with Gasteiger partial charge in [0, 0.05) is 30.4 Å². The number of carbonyl (C=O) groups is 3. The lowest BCUT2D eigenvalue weighted by Crippen LogP contribution is -2.30. The number of nitro benzene ring substituents is 1. The summed E-state index contributed by atoms with van der Waals surface area (Å²) in [6, 6.07) is 17.4. The number of anilines is 2. The second kappa shape index (κ2) is 12.6. The molecule has 4 aromatic rings. The number of nitro groups is 1. The van der Waals surface area contributed by atoms with Crippen LogP contribution >= 0.6 is 11.8 Å². The van der Waals surface area contributed by atoms with Crippen LogP contribution in [0.4, 0.5) is 21.9 Å². The highest BCUT2D eigenvalue weighted by atomic mass is 32.2. The maximum atomic E-state index is 12.7. The molecule has 1 aliphatic heterocycles. The van der Waals surface area contributed by atoms with E-state index in [0.717, 1.165) is 23.7 Å². The Labute approximate surface area is 244 Å². The standard InChI is InChI=1S/C29H26N6O6S/c1-2-18-5-7-19(8-6-18)17-24-28(37)34(29(38)42-24)16-4-3-15-30-27(36)20-9-11-21(12-10-20)31-22-13-14-23(35(39)40)26-25(22)32-41-33-26/h5-14,17,31H,2-4,15-16H2,1H3,(H,30,36)/b24-17-. The van der Waals surface area contributed by atoms with Gasteiger partial charge in [0.1, 0.15) is 0 Å². The highest BCUT2D eigenvalue weighted by molar-refractivity contribution is 8.18. The van der Waals surface area contributed by atoms with Crippen LogP contribution in [0.15, 0.2) is 70.2 Å². The van der Waals surface area contributed by atoms with Crippen molar-refractivity contribution in [1.82, 2.24) is 20.5 Å². The van der Waals surface area contributed by atoms with E-state index in [1.165, 1.54) is 22.6 Å². The number of hydrogen-bond acceptors (Lipinski definition) is 10. The molecule has 2 N–H and O–H groups in total. The number of hydrogen-bond donors (Lipinski definition) is 2. The van der Waals surface area contributed by atoms with Gasteiger partial charge in [-0.15, -0.1) is 0 Å². The molecule has 0 aliphatic carbocycles. The van der Waals surface area contributed by atoms with E-state index in [0.29, 0.717) is 41.2 Å². The highest BCUT2D eigenvalue weighted by Gasteiger charge is 2.34. The first-order chi connectivity index (χ1) is 20.3. The molecule has 3 aromatic carbocycles. The van der Waals surface area contributed by atoms with Crippen LogP contribution in [-0.2, 0) is 11.2 Å². The maximum Gasteiger partial charge on any atom is 0.300 e. The fourth-order valence-corrected chi connectivity index (χ4v) is 5.22. The first-order valence-corrected chi connectivity index (χ1v) is 14.0. The summed E-state index contributed by atoms with van der Waals surface area (Å²) in [7, 11) is 0. The number of aryl methyl sites for hydroxylation is 1. The largest absolute Gasteiger partial charge is 0.354 e. The van der Waals surface area contributed by atoms with Crippen molar-refractivity contribution in [1.29, 1.82) is 0 Å². The molecule has 2 heterocycles. The average molecular weight is 587 g/mol. The topological polar surface area (TPSA) is 161 Å². The van der Waals surface area contributed by atoms with Crippen LogP contribution in [0.2, 0.25) is 0 Å². The van der Waals surface area contributed by atoms with Gasteiger partial charge in [0.25, 0.3) is 17.1 Å². The Bertz CT molecular complexity index is 1680. The van der Waals surface area contributed by atoms with Gasteiger partial charge < -0.3 is 10.6 Å². The van der Waals surface area contributed by atoms with Crippen LogP contribution in [0, 0.1) is 10.1 Å². The molecule has 1 saturated heterocycles. The molecule has 0 bridgehead atoms. The van der Waals surface area contributed by atoms with E-state index in [-0.39, 0.29) is 40.3 Å². The Morgan fingerprint density at radius 2 is 1.76 bits per heavy atom. The minimum Gasteiger partial charge on any atom is -0.354 e. The molecule has 42 heavy (non-hydrogen) atoms. The second-order valence-corrected chi connectivity index (χ2v) is 10.4. The Morgan fingerprint density at radius 1 is 1.02 bits per heavy atom. The van der Waals surface area contributed by atoms with Crippen molar-refractivity contribution in [2.45, 2.75) is 26.2 Å². The number of non-ortho nitro benzene ring substituents is 1. The van der Waals surface area contributed by atoms with Gasteiger partial charge in [-0.05, 0) is 88.9 Å². The first kappa shape index (κ1) is 28.5. The van der Waals surface area contributed by atoms with Crippen LogP contribution in [0.25, 0.3) is 17.1 Å². The van der Waals surface area contributed by atoms with Crippen molar-refractivity contribution in [3.63, 3.8) is 0 Å². The molecular formula is C29H26N6O6S. The molecule has 1 fully saturated rings. The summed E-state index contributed by atoms with van der Waals surface area (Å²) < 4.78 is 4.68. The molecule has 5 rings (SSSR count). The lowest BCUT2D eigenvalue weighted by molar-refractivity contribution is -0.383. The number of unbranched alkanes of at least 4 members (excludes halogenated alkanes) is 1. The van der Waals surface area contributed by atoms with Gasteiger partial charge in [-0.1, -0.05) is 31.2 Å². The molecular weight excluding hydrogens is 560 g/mol. The van der Waals surface area contributed by atoms with Crippen molar-refractivity contribution in [2.75, 3.05) is 18.4 Å². The van der Waals surface area contributed by atoms with E-state index in [9.17, 15) is 24.5 Å². The summed E-state index contributed by atoms with van der Waals surface area (Å²) in [4.78, 5) is 50.0. The third-order valence-corrected chi connectivity index (χ3v) is 7.58. The normalized spacial score (nSPS) is 14.1. The molecule has 0 radical (unpaired) electrons. The lowest BCUT2D eigenvalue weighted by atomic mass is 10.1. The van der Waals surface area contributed by atoms with E-state index < -0.39 is 4.92 Å². The molecule has 1 aromatic heterocycles. The molecule has 12 nitrogen and oxygen atoms in total. The Morgan fingerprint density at radius 3 is 2.48 bits per heavy atom. The van der Waals surface area contributed by atoms with E-state index in [2.05, 4.69) is 32.5 Å². The zero-order valence-corrected chi connectivity index (χ0v) is 23.3. The summed E-state index contributed by atoms with van der Waals surface area (Å²) in [5.74, 6) is -0.556. The fraction of sp³-hybridized carbons (Fsp3) is 0.207. The number of imide groups is 1. The van der Waals surface area contributed by atoms with Gasteiger partial charge >= 0.3 is 5.69 Å². The monoisotopic (exact) mass is 586 g/mol. The predicted molar refractivity (Wildman–Crippen MR) is 158 cm³/mol. The molecule has 0 saturated carbocycles. The number of aromatic nitrogens is 2. The smallest absolute Gasteiger partial charge is 0.300 e. The number of benzene rings is 3. The average Bonchev–Trinajstić information content (AvgIpc) is 3.58. The van der Waals surface area contributed by atoms with Gasteiger partial charge in [-0.25, -0.2) is 4.63 Å². The van der Waals surface area contributed by atoms with Gasteiger partial charge in [0.05, 0.1) is 15.5 Å². The van der Waals surface area contributed by atoms with Crippen LogP contribution < -0.4 is 10.6 Å². The number of amides is 3. The summed E-state index contributed by atoms with van der Waals surface area (Å²) in [5, 5.41) is 24.2.